The normalized spacial score (nSPS) is 17.8. The van der Waals surface area contributed by atoms with E-state index < -0.39 is 12.2 Å². The highest BCUT2D eigenvalue weighted by atomic mass is 35.5. The number of hydrogen-bond donors (Lipinski definition) is 0. The van der Waals surface area contributed by atoms with Crippen LogP contribution in [0, 0.1) is 0 Å². The molecule has 1 aliphatic rings. The minimum Gasteiger partial charge on any atom is -0.439 e. The maximum absolute atomic E-state index is 13.1. The summed E-state index contributed by atoms with van der Waals surface area (Å²) in [5, 5.41) is 20.5. The number of benzene rings is 1. The Kier molecular flexibility index (Phi) is 5.99. The van der Waals surface area contributed by atoms with Crippen molar-refractivity contribution < 1.29 is 9.53 Å². The Balaban J connectivity index is 1.52. The number of rotatable bonds is 6. The van der Waals surface area contributed by atoms with Crippen LogP contribution in [-0.2, 0) is 17.8 Å². The van der Waals surface area contributed by atoms with Crippen molar-refractivity contribution >= 4 is 17.7 Å². The molecule has 1 saturated heterocycles. The molecule has 4 rings (SSSR count). The number of amides is 1. The number of piperidine rings is 1. The third kappa shape index (κ3) is 4.70. The van der Waals surface area contributed by atoms with E-state index >= 15 is 0 Å². The van der Waals surface area contributed by atoms with Crippen LogP contribution >= 0.6 is 11.6 Å². The summed E-state index contributed by atoms with van der Waals surface area (Å²) in [6.45, 7) is 1.37. The van der Waals surface area contributed by atoms with E-state index in [-0.39, 0.29) is 12.6 Å². The van der Waals surface area contributed by atoms with Crippen molar-refractivity contribution in [2.75, 3.05) is 6.54 Å². The molecule has 10 nitrogen and oxygen atoms in total. The smallest absolute Gasteiger partial charge is 0.410 e. The number of halogens is 1. The van der Waals surface area contributed by atoms with E-state index in [1.807, 2.05) is 18.2 Å². The van der Waals surface area contributed by atoms with E-state index in [2.05, 4.69) is 25.6 Å². The van der Waals surface area contributed by atoms with E-state index in [1.54, 1.807) is 28.2 Å². The summed E-state index contributed by atoms with van der Waals surface area (Å²) >= 11 is 6.36. The second-order valence-corrected chi connectivity index (χ2v) is 7.22. The fraction of sp³-hybridized carbons (Fsp3) is 0.444. The molecule has 0 N–H and O–H groups in total. The molecule has 0 aliphatic carbocycles. The predicted molar refractivity (Wildman–Crippen MR) is 103 cm³/mol. The zero-order chi connectivity index (χ0) is 20.1. The zero-order valence-electron chi connectivity index (χ0n) is 15.7. The number of carbonyl (C=O) groups is 1. The molecular formula is C18H21ClN8O2. The van der Waals surface area contributed by atoms with Gasteiger partial charge in [-0.1, -0.05) is 29.8 Å². The van der Waals surface area contributed by atoms with Crippen molar-refractivity contribution in [2.24, 2.45) is 0 Å². The SMILES string of the molecule is O=C(OC(Cn1ncnn1)c1ccccc1Cl)N1CCCCC1Cn1nccn1. The van der Waals surface area contributed by atoms with Gasteiger partial charge in [-0.2, -0.15) is 19.8 Å². The maximum Gasteiger partial charge on any atom is 0.410 e. The summed E-state index contributed by atoms with van der Waals surface area (Å²) in [6, 6.07) is 7.25. The summed E-state index contributed by atoms with van der Waals surface area (Å²) in [5.74, 6) is 0. The Hall–Kier alpha value is -3.01. The molecule has 11 heteroatoms. The first kappa shape index (κ1) is 19.3. The number of carbonyl (C=O) groups excluding carboxylic acids is 1. The van der Waals surface area contributed by atoms with Crippen LogP contribution in [0.2, 0.25) is 5.02 Å². The van der Waals surface area contributed by atoms with E-state index in [1.165, 1.54) is 11.1 Å². The van der Waals surface area contributed by atoms with Crippen LogP contribution in [0.4, 0.5) is 4.79 Å². The lowest BCUT2D eigenvalue weighted by Gasteiger charge is -2.35. The lowest BCUT2D eigenvalue weighted by molar-refractivity contribution is 0.0279. The van der Waals surface area contributed by atoms with E-state index in [0.29, 0.717) is 23.7 Å². The summed E-state index contributed by atoms with van der Waals surface area (Å²) in [5.41, 5.74) is 0.696. The Morgan fingerprint density at radius 3 is 2.76 bits per heavy atom. The Bertz CT molecular complexity index is 918. The number of likely N-dealkylation sites (tertiary alicyclic amines) is 1. The van der Waals surface area contributed by atoms with Gasteiger partial charge in [0.05, 0.1) is 25.0 Å². The molecule has 1 aromatic carbocycles. The molecule has 2 unspecified atom stereocenters. The molecule has 3 heterocycles. The Morgan fingerprint density at radius 1 is 1.17 bits per heavy atom. The number of ether oxygens (including phenoxy) is 1. The summed E-state index contributed by atoms with van der Waals surface area (Å²) in [7, 11) is 0. The molecule has 29 heavy (non-hydrogen) atoms. The lowest BCUT2D eigenvalue weighted by atomic mass is 10.0. The van der Waals surface area contributed by atoms with Gasteiger partial charge >= 0.3 is 6.09 Å². The van der Waals surface area contributed by atoms with E-state index in [9.17, 15) is 4.79 Å². The minimum absolute atomic E-state index is 0.0277. The van der Waals surface area contributed by atoms with E-state index in [4.69, 9.17) is 16.3 Å². The molecule has 0 bridgehead atoms. The molecule has 2 atom stereocenters. The standard InChI is InChI=1S/C18H21ClN8O2/c19-16-7-2-1-6-15(16)17(12-27-23-13-20-24-27)29-18(28)25-10-4-3-5-14(25)11-26-21-8-9-22-26/h1-2,6-9,13-14,17H,3-5,10-12H2. The first-order chi connectivity index (χ1) is 14.2. The summed E-state index contributed by atoms with van der Waals surface area (Å²) < 4.78 is 5.90. The second kappa shape index (κ2) is 8.99. The molecule has 2 aromatic heterocycles. The van der Waals surface area contributed by atoms with Crippen LogP contribution in [0.3, 0.4) is 0 Å². The van der Waals surface area contributed by atoms with Gasteiger partial charge in [-0.15, -0.1) is 10.2 Å². The van der Waals surface area contributed by atoms with Crippen LogP contribution in [0.1, 0.15) is 30.9 Å². The number of hydrogen-bond acceptors (Lipinski definition) is 7. The fourth-order valence-electron chi connectivity index (χ4n) is 3.50. The fourth-order valence-corrected chi connectivity index (χ4v) is 3.76. The summed E-state index contributed by atoms with van der Waals surface area (Å²) in [6.07, 6.45) is 6.41. The number of nitrogens with zero attached hydrogens (tertiary/aromatic N) is 8. The molecule has 152 valence electrons. The molecule has 0 spiro atoms. The number of tetrazole rings is 1. The van der Waals surface area contributed by atoms with Gasteiger partial charge in [0.1, 0.15) is 6.54 Å². The maximum atomic E-state index is 13.1. The zero-order valence-corrected chi connectivity index (χ0v) is 16.5. The van der Waals surface area contributed by atoms with Crippen LogP contribution in [0.15, 0.2) is 43.0 Å². The lowest BCUT2D eigenvalue weighted by Crippen LogP contribution is -2.46. The molecule has 0 radical (unpaired) electrons. The first-order valence-corrected chi connectivity index (χ1v) is 9.85. The van der Waals surface area contributed by atoms with Gasteiger partial charge < -0.3 is 9.64 Å². The van der Waals surface area contributed by atoms with Crippen LogP contribution < -0.4 is 0 Å². The molecular weight excluding hydrogens is 396 g/mol. The van der Waals surface area contributed by atoms with Gasteiger partial charge in [-0.3, -0.25) is 0 Å². The van der Waals surface area contributed by atoms with Gasteiger partial charge in [0.15, 0.2) is 12.4 Å². The molecule has 1 aliphatic heterocycles. The van der Waals surface area contributed by atoms with Gasteiger partial charge in [0, 0.05) is 17.1 Å². The average Bonchev–Trinajstić information content (AvgIpc) is 3.42. The van der Waals surface area contributed by atoms with Crippen LogP contribution in [-0.4, -0.2) is 58.8 Å². The first-order valence-electron chi connectivity index (χ1n) is 9.47. The van der Waals surface area contributed by atoms with Gasteiger partial charge in [0.2, 0.25) is 0 Å². The summed E-state index contributed by atoms with van der Waals surface area (Å²) in [4.78, 5) is 17.8. The second-order valence-electron chi connectivity index (χ2n) is 6.81. The largest absolute Gasteiger partial charge is 0.439 e. The predicted octanol–water partition coefficient (Wildman–Crippen LogP) is 2.35. The van der Waals surface area contributed by atoms with Crippen molar-refractivity contribution in [3.63, 3.8) is 0 Å². The number of aromatic nitrogens is 7. The highest BCUT2D eigenvalue weighted by Gasteiger charge is 2.31. The van der Waals surface area contributed by atoms with Crippen molar-refractivity contribution in [1.29, 1.82) is 0 Å². The van der Waals surface area contributed by atoms with Crippen molar-refractivity contribution in [3.05, 3.63) is 53.6 Å². The van der Waals surface area contributed by atoms with Crippen molar-refractivity contribution in [2.45, 2.75) is 44.5 Å². The van der Waals surface area contributed by atoms with Crippen LogP contribution in [0.25, 0.3) is 0 Å². The molecule has 3 aromatic rings. The highest BCUT2D eigenvalue weighted by molar-refractivity contribution is 6.31. The molecule has 0 saturated carbocycles. The van der Waals surface area contributed by atoms with Gasteiger partial charge in [0.25, 0.3) is 0 Å². The third-order valence-corrected chi connectivity index (χ3v) is 5.26. The van der Waals surface area contributed by atoms with E-state index in [0.717, 1.165) is 19.3 Å². The average molecular weight is 417 g/mol. The van der Waals surface area contributed by atoms with Gasteiger partial charge in [-0.25, -0.2) is 4.79 Å². The topological polar surface area (TPSA) is 104 Å². The third-order valence-electron chi connectivity index (χ3n) is 4.92. The van der Waals surface area contributed by atoms with Gasteiger partial charge in [-0.05, 0) is 30.5 Å². The molecule has 1 fully saturated rings. The van der Waals surface area contributed by atoms with Crippen LogP contribution in [0.5, 0.6) is 0 Å². The van der Waals surface area contributed by atoms with Crippen molar-refractivity contribution in [1.82, 2.24) is 40.1 Å². The highest BCUT2D eigenvalue weighted by Crippen LogP contribution is 2.28. The minimum atomic E-state index is -0.643. The molecule has 1 amide bonds. The Labute approximate surface area is 172 Å². The Morgan fingerprint density at radius 2 is 2.00 bits per heavy atom. The van der Waals surface area contributed by atoms with Crippen molar-refractivity contribution in [3.8, 4) is 0 Å². The quantitative estimate of drug-likeness (QED) is 0.607. The monoisotopic (exact) mass is 416 g/mol.